The third-order valence-corrected chi connectivity index (χ3v) is 8.59. The Kier molecular flexibility index (Phi) is 13.1. The molecular formula is C33H47NO13. The van der Waals surface area contributed by atoms with Gasteiger partial charge in [0.05, 0.1) is 42.7 Å². The number of aliphatic hydroxyl groups is 5. The summed E-state index contributed by atoms with van der Waals surface area (Å²) in [5, 5.41) is 64.1. The van der Waals surface area contributed by atoms with Crippen molar-refractivity contribution in [1.29, 1.82) is 0 Å². The topological polar surface area (TPSA) is 231 Å². The maximum Gasteiger partial charge on any atom is 0.330 e. The van der Waals surface area contributed by atoms with Crippen LogP contribution in [-0.4, -0.2) is 122 Å². The van der Waals surface area contributed by atoms with Gasteiger partial charge in [0.25, 0.3) is 0 Å². The monoisotopic (exact) mass is 665 g/mol. The summed E-state index contributed by atoms with van der Waals surface area (Å²) in [4.78, 5) is 24.4. The molecule has 0 aromatic carbocycles. The Morgan fingerprint density at radius 3 is 2.36 bits per heavy atom. The van der Waals surface area contributed by atoms with E-state index in [-0.39, 0.29) is 25.4 Å². The number of aliphatic hydroxyl groups excluding tert-OH is 4. The molecule has 3 fully saturated rings. The highest BCUT2D eigenvalue weighted by atomic mass is 16.7. The number of rotatable bonds is 3. The summed E-state index contributed by atoms with van der Waals surface area (Å²) in [6.45, 7) is 3.38. The average molecular weight is 666 g/mol. The Hall–Kier alpha value is -2.76. The van der Waals surface area contributed by atoms with E-state index in [1.54, 1.807) is 56.4 Å². The smallest absolute Gasteiger partial charge is 0.330 e. The number of nitrogens with two attached hydrogens (primary N) is 1. The molecule has 4 heterocycles. The van der Waals surface area contributed by atoms with Crippen molar-refractivity contribution >= 4 is 11.9 Å². The molecule has 2 bridgehead atoms. The zero-order valence-corrected chi connectivity index (χ0v) is 26.4. The number of allylic oxidation sites excluding steroid dienone is 6. The molecule has 262 valence electrons. The Labute approximate surface area is 273 Å². The van der Waals surface area contributed by atoms with Crippen LogP contribution in [0.2, 0.25) is 0 Å². The third-order valence-electron chi connectivity index (χ3n) is 8.59. The predicted molar refractivity (Wildman–Crippen MR) is 165 cm³/mol. The van der Waals surface area contributed by atoms with Crippen LogP contribution in [0.25, 0.3) is 0 Å². The van der Waals surface area contributed by atoms with E-state index in [9.17, 15) is 40.2 Å². The fourth-order valence-corrected chi connectivity index (χ4v) is 5.98. The zero-order valence-electron chi connectivity index (χ0n) is 26.4. The summed E-state index contributed by atoms with van der Waals surface area (Å²) in [5.41, 5.74) is 5.91. The van der Waals surface area contributed by atoms with E-state index >= 15 is 0 Å². The summed E-state index contributed by atoms with van der Waals surface area (Å²) < 4.78 is 28.5. The lowest BCUT2D eigenvalue weighted by atomic mass is 9.83. The second kappa shape index (κ2) is 16.6. The first-order valence-electron chi connectivity index (χ1n) is 15.9. The number of carboxylic acids is 1. The van der Waals surface area contributed by atoms with Gasteiger partial charge in [-0.15, -0.1) is 0 Å². The predicted octanol–water partition coefficient (Wildman–Crippen LogP) is 0.120. The van der Waals surface area contributed by atoms with E-state index in [2.05, 4.69) is 0 Å². The van der Waals surface area contributed by atoms with Crippen molar-refractivity contribution in [2.24, 2.45) is 11.7 Å². The van der Waals surface area contributed by atoms with Gasteiger partial charge in [-0.25, -0.2) is 4.79 Å². The Morgan fingerprint density at radius 2 is 1.64 bits per heavy atom. The van der Waals surface area contributed by atoms with E-state index < -0.39 is 97.3 Å². The lowest BCUT2D eigenvalue weighted by molar-refractivity contribution is -0.308. The zero-order chi connectivity index (χ0) is 34.3. The van der Waals surface area contributed by atoms with Gasteiger partial charge in [0, 0.05) is 38.2 Å². The molecule has 14 heteroatoms. The van der Waals surface area contributed by atoms with Crippen molar-refractivity contribution in [2.45, 2.75) is 125 Å². The van der Waals surface area contributed by atoms with Gasteiger partial charge in [-0.05, 0) is 19.9 Å². The van der Waals surface area contributed by atoms with Crippen LogP contribution in [-0.2, 0) is 33.3 Å². The van der Waals surface area contributed by atoms with Crippen molar-refractivity contribution in [2.75, 3.05) is 0 Å². The van der Waals surface area contributed by atoms with Crippen LogP contribution >= 0.6 is 0 Å². The average Bonchev–Trinajstić information content (AvgIpc) is 3.72. The first kappa shape index (κ1) is 37.1. The number of cyclic esters (lactones) is 1. The van der Waals surface area contributed by atoms with Gasteiger partial charge >= 0.3 is 11.9 Å². The Morgan fingerprint density at radius 1 is 0.936 bits per heavy atom. The van der Waals surface area contributed by atoms with Gasteiger partial charge in [-0.1, -0.05) is 48.6 Å². The molecule has 14 atom stereocenters. The number of ether oxygens (including phenoxy) is 5. The minimum absolute atomic E-state index is 0.0773. The lowest BCUT2D eigenvalue weighted by Gasteiger charge is -2.45. The molecule has 0 spiro atoms. The molecule has 3 saturated heterocycles. The molecule has 6 unspecified atom stereocenters. The second-order valence-electron chi connectivity index (χ2n) is 12.6. The van der Waals surface area contributed by atoms with E-state index in [1.165, 1.54) is 12.2 Å². The van der Waals surface area contributed by atoms with E-state index in [1.807, 2.05) is 6.08 Å². The minimum Gasteiger partial charge on any atom is -0.481 e. The van der Waals surface area contributed by atoms with Crippen LogP contribution in [0, 0.1) is 5.92 Å². The van der Waals surface area contributed by atoms with Crippen molar-refractivity contribution in [3.05, 3.63) is 60.8 Å². The third kappa shape index (κ3) is 10.6. The van der Waals surface area contributed by atoms with Gasteiger partial charge in [0.1, 0.15) is 30.3 Å². The van der Waals surface area contributed by atoms with Gasteiger partial charge < -0.3 is 60.1 Å². The number of hydrogen-bond donors (Lipinski definition) is 7. The molecule has 4 rings (SSSR count). The van der Waals surface area contributed by atoms with Gasteiger partial charge in [0.15, 0.2) is 12.1 Å². The van der Waals surface area contributed by atoms with Crippen LogP contribution in [0.15, 0.2) is 60.8 Å². The number of carbonyl (C=O) groups is 2. The Balaban J connectivity index is 1.58. The first-order chi connectivity index (χ1) is 22.3. The highest BCUT2D eigenvalue weighted by Crippen LogP contribution is 2.39. The first-order valence-corrected chi connectivity index (χ1v) is 15.9. The van der Waals surface area contributed by atoms with Crippen molar-refractivity contribution in [1.82, 2.24) is 0 Å². The molecule has 4 aliphatic heterocycles. The van der Waals surface area contributed by atoms with Crippen LogP contribution < -0.4 is 5.73 Å². The SMILES string of the molecule is C[C@@H]1C\C=C/C=C/C=C/C=C/C(O[C@@H]2O[C@H](C)C(N)C(O)C2O)C[C@@H]2O[C@](O)(CC(O)C[C@H]3O[C@@H]3/C=C/C(=O)O1)C[C@H](O)C2C(=O)O. The van der Waals surface area contributed by atoms with Gasteiger partial charge in [0.2, 0.25) is 0 Å². The molecule has 14 nitrogen and oxygen atoms in total. The molecule has 0 saturated carbocycles. The summed E-state index contributed by atoms with van der Waals surface area (Å²) >= 11 is 0. The number of epoxide rings is 1. The van der Waals surface area contributed by atoms with E-state index in [0.717, 1.165) is 0 Å². The number of hydrogen-bond acceptors (Lipinski definition) is 13. The normalized spacial score (nSPS) is 47.2. The van der Waals surface area contributed by atoms with Crippen molar-refractivity contribution in [3.8, 4) is 0 Å². The van der Waals surface area contributed by atoms with Gasteiger partial charge in [-0.3, -0.25) is 4.79 Å². The molecule has 0 aromatic rings. The lowest BCUT2D eigenvalue weighted by Crippen LogP contribution is -2.61. The minimum atomic E-state index is -2.10. The quantitative estimate of drug-likeness (QED) is 0.157. The highest BCUT2D eigenvalue weighted by Gasteiger charge is 2.51. The fourth-order valence-electron chi connectivity index (χ4n) is 5.98. The highest BCUT2D eigenvalue weighted by molar-refractivity contribution is 5.82. The molecule has 4 aliphatic rings. The standard InChI is InChI=1S/C33H47NO13/c1-18-10-8-6-4-3-5-7-9-11-21(45-32-30(39)29(38)28(34)19(2)44-32)15-25-27(31(40)41)22(36)17-33(42,47-25)16-20(35)14-24-23(46-24)12-13-26(37)43-18/h3-9,11-13,18-25,27-30,32,35-36,38-39,42H,10,14-17,34H2,1-2H3,(H,40,41)/b4-3+,7-5+,8-6-,11-9+,13-12+/t18-,19-,20?,21?,22+,23-,24-,25+,27?,28?,29?,30?,32+,33-/m1/s1. The maximum atomic E-state index is 12.3. The van der Waals surface area contributed by atoms with Gasteiger partial charge in [-0.2, -0.15) is 0 Å². The van der Waals surface area contributed by atoms with E-state index in [4.69, 9.17) is 29.4 Å². The number of carbonyl (C=O) groups excluding carboxylic acids is 1. The molecular weight excluding hydrogens is 618 g/mol. The van der Waals surface area contributed by atoms with Crippen molar-refractivity contribution < 1.29 is 63.9 Å². The molecule has 0 aliphatic carbocycles. The van der Waals surface area contributed by atoms with E-state index in [0.29, 0.717) is 6.42 Å². The number of esters is 1. The summed E-state index contributed by atoms with van der Waals surface area (Å²) in [6.07, 6.45) is 4.92. The Bertz CT molecular complexity index is 1220. The molecule has 0 radical (unpaired) electrons. The number of fused-ring (bicyclic) bond motifs is 3. The summed E-state index contributed by atoms with van der Waals surface area (Å²) in [6, 6.07) is -0.870. The van der Waals surface area contributed by atoms with Crippen LogP contribution in [0.5, 0.6) is 0 Å². The maximum absolute atomic E-state index is 12.3. The molecule has 47 heavy (non-hydrogen) atoms. The molecule has 0 aromatic heterocycles. The largest absolute Gasteiger partial charge is 0.481 e. The molecule has 0 amide bonds. The van der Waals surface area contributed by atoms with Crippen LogP contribution in [0.3, 0.4) is 0 Å². The van der Waals surface area contributed by atoms with Crippen LogP contribution in [0.4, 0.5) is 0 Å². The summed E-state index contributed by atoms with van der Waals surface area (Å²) in [7, 11) is 0. The number of carboxylic acid groups (broad SMARTS) is 1. The number of aliphatic carboxylic acids is 1. The fraction of sp³-hybridized carbons (Fsp3) is 0.636. The molecule has 8 N–H and O–H groups in total. The summed E-state index contributed by atoms with van der Waals surface area (Å²) in [5.74, 6) is -5.46. The van der Waals surface area contributed by atoms with Crippen molar-refractivity contribution in [3.63, 3.8) is 0 Å². The van der Waals surface area contributed by atoms with Crippen LogP contribution in [0.1, 0.15) is 46.0 Å². The second-order valence-corrected chi connectivity index (χ2v) is 12.6.